The predicted molar refractivity (Wildman–Crippen MR) is 86.2 cm³/mol. The smallest absolute Gasteiger partial charge is 0.157 e. The third-order valence-electron chi connectivity index (χ3n) is 4.27. The van der Waals surface area contributed by atoms with Crippen molar-refractivity contribution in [2.75, 3.05) is 13.1 Å². The molecule has 0 radical (unpaired) electrons. The van der Waals surface area contributed by atoms with E-state index < -0.39 is 11.6 Å². The maximum atomic E-state index is 14.4. The first kappa shape index (κ1) is 15.8. The molecule has 2 heterocycles. The van der Waals surface area contributed by atoms with E-state index in [2.05, 4.69) is 16.5 Å². The molecule has 130 valence electrons. The summed E-state index contributed by atoms with van der Waals surface area (Å²) in [6, 6.07) is 9.74. The average molecular weight is 347 g/mol. The van der Waals surface area contributed by atoms with Gasteiger partial charge in [0.25, 0.3) is 0 Å². The summed E-state index contributed by atoms with van der Waals surface area (Å²) in [6.07, 6.45) is 0. The van der Waals surface area contributed by atoms with Gasteiger partial charge in [-0.2, -0.15) is 5.53 Å². The van der Waals surface area contributed by atoms with E-state index >= 15 is 0 Å². The summed E-state index contributed by atoms with van der Waals surface area (Å²) in [5.74, 6) is -0.742. The summed E-state index contributed by atoms with van der Waals surface area (Å²) < 4.78 is 42.0. The highest BCUT2D eigenvalue weighted by Gasteiger charge is 2.31. The third kappa shape index (κ3) is 2.90. The van der Waals surface area contributed by atoms with Crippen LogP contribution in [-0.4, -0.2) is 23.0 Å². The molecule has 2 aliphatic rings. The molecule has 5 nitrogen and oxygen atoms in total. The molecule has 25 heavy (non-hydrogen) atoms. The second-order valence-electron chi connectivity index (χ2n) is 5.85. The Bertz CT molecular complexity index is 839. The second kappa shape index (κ2) is 6.30. The molecule has 0 amide bonds. The summed E-state index contributed by atoms with van der Waals surface area (Å²) in [4.78, 5) is 1.84. The van der Waals surface area contributed by atoms with E-state index in [0.717, 1.165) is 12.1 Å². The van der Waals surface area contributed by atoms with Crippen LogP contribution in [0, 0.1) is 17.5 Å². The molecular weight excluding hydrogens is 331 g/mol. The Morgan fingerprint density at radius 1 is 0.960 bits per heavy atom. The summed E-state index contributed by atoms with van der Waals surface area (Å²) in [6.45, 7) is 1.23. The van der Waals surface area contributed by atoms with Crippen LogP contribution in [0.1, 0.15) is 11.1 Å². The fourth-order valence-electron chi connectivity index (χ4n) is 3.09. The van der Waals surface area contributed by atoms with Crippen molar-refractivity contribution in [1.29, 1.82) is 0 Å². The minimum absolute atomic E-state index is 0.131. The van der Waals surface area contributed by atoms with Crippen LogP contribution < -0.4 is 16.5 Å². The zero-order chi connectivity index (χ0) is 17.4. The van der Waals surface area contributed by atoms with Crippen molar-refractivity contribution in [3.63, 3.8) is 0 Å². The molecule has 0 aliphatic carbocycles. The number of hydrogen-bond donors (Lipinski definition) is 3. The molecule has 0 saturated carbocycles. The molecule has 0 spiro atoms. The van der Waals surface area contributed by atoms with Gasteiger partial charge in [0.15, 0.2) is 5.82 Å². The van der Waals surface area contributed by atoms with Crippen LogP contribution >= 0.6 is 0 Å². The number of benzene rings is 2. The van der Waals surface area contributed by atoms with Crippen LogP contribution in [0.4, 0.5) is 13.2 Å². The quantitative estimate of drug-likeness (QED) is 0.793. The summed E-state index contributed by atoms with van der Waals surface area (Å²) >= 11 is 0. The molecule has 0 aromatic heterocycles. The van der Waals surface area contributed by atoms with Gasteiger partial charge in [0, 0.05) is 24.2 Å². The first-order valence-corrected chi connectivity index (χ1v) is 7.86. The average Bonchev–Trinajstić information content (AvgIpc) is 3.07. The van der Waals surface area contributed by atoms with Gasteiger partial charge in [-0.1, -0.05) is 12.1 Å². The number of rotatable bonds is 3. The highest BCUT2D eigenvalue weighted by molar-refractivity contribution is 5.68. The third-order valence-corrected chi connectivity index (χ3v) is 4.27. The topological polar surface area (TPSA) is 42.6 Å². The molecule has 0 bridgehead atoms. The SMILES string of the molecule is Fc1ccc(F)c(CN2CCN3NNNC3=C2c2ccccc2F)c1. The largest absolute Gasteiger partial charge is 0.362 e. The number of hydrazine groups is 3. The number of nitrogens with one attached hydrogen (secondary N) is 3. The lowest BCUT2D eigenvalue weighted by Gasteiger charge is -2.36. The molecule has 8 heteroatoms. The van der Waals surface area contributed by atoms with E-state index in [1.54, 1.807) is 23.2 Å². The van der Waals surface area contributed by atoms with Gasteiger partial charge in [0.1, 0.15) is 17.5 Å². The van der Waals surface area contributed by atoms with E-state index in [4.69, 9.17) is 0 Å². The Balaban J connectivity index is 1.77. The van der Waals surface area contributed by atoms with Crippen LogP contribution in [0.3, 0.4) is 0 Å². The van der Waals surface area contributed by atoms with Crippen molar-refractivity contribution >= 4 is 5.70 Å². The van der Waals surface area contributed by atoms with Crippen molar-refractivity contribution in [1.82, 2.24) is 26.4 Å². The number of hydrogen-bond acceptors (Lipinski definition) is 5. The summed E-state index contributed by atoms with van der Waals surface area (Å²) in [5, 5.41) is 1.81. The highest BCUT2D eigenvalue weighted by Crippen LogP contribution is 2.31. The Hall–Kier alpha value is -2.71. The monoisotopic (exact) mass is 347 g/mol. The lowest BCUT2D eigenvalue weighted by atomic mass is 10.1. The normalized spacial score (nSPS) is 16.9. The number of nitrogens with zero attached hydrogens (tertiary/aromatic N) is 2. The summed E-state index contributed by atoms with van der Waals surface area (Å²) in [5.41, 5.74) is 9.82. The van der Waals surface area contributed by atoms with Crippen molar-refractivity contribution in [3.8, 4) is 0 Å². The molecule has 2 aliphatic heterocycles. The van der Waals surface area contributed by atoms with Gasteiger partial charge < -0.3 is 4.90 Å². The minimum Gasteiger partial charge on any atom is -0.362 e. The Kier molecular flexibility index (Phi) is 3.98. The Morgan fingerprint density at radius 3 is 2.64 bits per heavy atom. The molecule has 4 rings (SSSR count). The van der Waals surface area contributed by atoms with Gasteiger partial charge in [-0.05, 0) is 30.3 Å². The van der Waals surface area contributed by atoms with Crippen molar-refractivity contribution in [2.45, 2.75) is 6.54 Å². The van der Waals surface area contributed by atoms with Gasteiger partial charge in [-0.15, -0.1) is 5.53 Å². The van der Waals surface area contributed by atoms with E-state index in [-0.39, 0.29) is 17.9 Å². The maximum absolute atomic E-state index is 14.4. The Labute approximate surface area is 142 Å². The van der Waals surface area contributed by atoms with E-state index in [1.807, 2.05) is 4.90 Å². The Morgan fingerprint density at radius 2 is 1.80 bits per heavy atom. The molecule has 0 unspecified atom stereocenters. The van der Waals surface area contributed by atoms with E-state index in [1.165, 1.54) is 12.1 Å². The minimum atomic E-state index is -0.502. The molecule has 3 N–H and O–H groups in total. The van der Waals surface area contributed by atoms with E-state index in [0.29, 0.717) is 30.2 Å². The zero-order valence-corrected chi connectivity index (χ0v) is 13.2. The first-order valence-electron chi connectivity index (χ1n) is 7.86. The van der Waals surface area contributed by atoms with Gasteiger partial charge in [-0.3, -0.25) is 10.4 Å². The standard InChI is InChI=1S/C17H16F3N5/c18-12-5-6-14(19)11(9-12)10-24-7-8-25-17(21-22-23-25)16(24)13-3-1-2-4-15(13)20/h1-6,9,21-23H,7-8,10H2. The van der Waals surface area contributed by atoms with Crippen LogP contribution in [0.25, 0.3) is 5.70 Å². The van der Waals surface area contributed by atoms with Crippen molar-refractivity contribution < 1.29 is 13.2 Å². The van der Waals surface area contributed by atoms with Gasteiger partial charge in [0.05, 0.1) is 12.2 Å². The van der Waals surface area contributed by atoms with Crippen LogP contribution in [0.5, 0.6) is 0 Å². The lowest BCUT2D eigenvalue weighted by Crippen LogP contribution is -2.44. The molecular formula is C17H16F3N5. The van der Waals surface area contributed by atoms with Crippen molar-refractivity contribution in [3.05, 3.63) is 76.9 Å². The molecule has 0 atom stereocenters. The number of halogens is 3. The fourth-order valence-corrected chi connectivity index (χ4v) is 3.09. The van der Waals surface area contributed by atoms with Crippen LogP contribution in [0.15, 0.2) is 48.3 Å². The first-order chi connectivity index (χ1) is 12.1. The zero-order valence-electron chi connectivity index (χ0n) is 13.2. The van der Waals surface area contributed by atoms with Gasteiger partial charge >= 0.3 is 0 Å². The van der Waals surface area contributed by atoms with Gasteiger partial charge in [0.2, 0.25) is 0 Å². The maximum Gasteiger partial charge on any atom is 0.157 e. The number of fused-ring (bicyclic) bond motifs is 1. The summed E-state index contributed by atoms with van der Waals surface area (Å²) in [7, 11) is 0. The van der Waals surface area contributed by atoms with Gasteiger partial charge in [-0.25, -0.2) is 13.2 Å². The van der Waals surface area contributed by atoms with Crippen LogP contribution in [-0.2, 0) is 6.54 Å². The lowest BCUT2D eigenvalue weighted by molar-refractivity contribution is 0.210. The van der Waals surface area contributed by atoms with E-state index in [9.17, 15) is 13.2 Å². The molecule has 2 aromatic rings. The highest BCUT2D eigenvalue weighted by atomic mass is 19.1. The molecule has 2 aromatic carbocycles. The second-order valence-corrected chi connectivity index (χ2v) is 5.85. The van der Waals surface area contributed by atoms with Crippen LogP contribution in [0.2, 0.25) is 0 Å². The van der Waals surface area contributed by atoms with Crippen molar-refractivity contribution in [2.24, 2.45) is 0 Å². The predicted octanol–water partition coefficient (Wildman–Crippen LogP) is 2.08. The fraction of sp³-hybridized carbons (Fsp3) is 0.176. The molecule has 1 fully saturated rings. The molecule has 1 saturated heterocycles.